The zero-order valence-electron chi connectivity index (χ0n) is 12.1. The van der Waals surface area contributed by atoms with Crippen LogP contribution < -0.4 is 5.32 Å². The van der Waals surface area contributed by atoms with Crippen molar-refractivity contribution in [3.8, 4) is 0 Å². The van der Waals surface area contributed by atoms with Crippen LogP contribution in [0.15, 0.2) is 29.2 Å². The molecule has 4 heteroatoms. The van der Waals surface area contributed by atoms with E-state index in [1.165, 1.54) is 36.6 Å². The SMILES string of the molecule is CSc1ccc(CNCCN2CCN(C)CC2)cc1. The molecule has 0 saturated carbocycles. The maximum Gasteiger partial charge on any atom is 0.0206 e. The first-order valence-electron chi connectivity index (χ1n) is 7.02. The van der Waals surface area contributed by atoms with Crippen LogP contribution in [-0.4, -0.2) is 62.4 Å². The number of nitrogens with zero attached hydrogens (tertiary/aromatic N) is 2. The lowest BCUT2D eigenvalue weighted by Crippen LogP contribution is -2.46. The largest absolute Gasteiger partial charge is 0.311 e. The molecule has 2 rings (SSSR count). The Labute approximate surface area is 121 Å². The molecule has 0 radical (unpaired) electrons. The normalized spacial score (nSPS) is 17.8. The van der Waals surface area contributed by atoms with E-state index in [0.717, 1.165) is 19.6 Å². The summed E-state index contributed by atoms with van der Waals surface area (Å²) in [5.74, 6) is 0. The molecular weight excluding hydrogens is 254 g/mol. The van der Waals surface area contributed by atoms with Gasteiger partial charge in [0.1, 0.15) is 0 Å². The number of thioether (sulfide) groups is 1. The van der Waals surface area contributed by atoms with Gasteiger partial charge in [-0.1, -0.05) is 12.1 Å². The fraction of sp³-hybridized carbons (Fsp3) is 0.600. The molecule has 1 aromatic rings. The van der Waals surface area contributed by atoms with Gasteiger partial charge >= 0.3 is 0 Å². The second kappa shape index (κ2) is 7.90. The Balaban J connectivity index is 1.61. The summed E-state index contributed by atoms with van der Waals surface area (Å²) in [5, 5.41) is 3.54. The molecule has 3 nitrogen and oxygen atoms in total. The van der Waals surface area contributed by atoms with Crippen molar-refractivity contribution in [1.29, 1.82) is 0 Å². The smallest absolute Gasteiger partial charge is 0.0206 e. The molecule has 0 aliphatic carbocycles. The quantitative estimate of drug-likeness (QED) is 0.631. The number of hydrogen-bond acceptors (Lipinski definition) is 4. The van der Waals surface area contributed by atoms with Crippen LogP contribution in [0.4, 0.5) is 0 Å². The van der Waals surface area contributed by atoms with Gasteiger partial charge in [0.25, 0.3) is 0 Å². The fourth-order valence-electron chi connectivity index (χ4n) is 2.28. The second-order valence-corrected chi connectivity index (χ2v) is 6.05. The number of rotatable bonds is 6. The molecule has 1 fully saturated rings. The highest BCUT2D eigenvalue weighted by molar-refractivity contribution is 7.98. The van der Waals surface area contributed by atoms with Crippen LogP contribution in [0.3, 0.4) is 0 Å². The van der Waals surface area contributed by atoms with Crippen molar-refractivity contribution in [2.24, 2.45) is 0 Å². The van der Waals surface area contributed by atoms with Crippen LogP contribution in [0.25, 0.3) is 0 Å². The van der Waals surface area contributed by atoms with Gasteiger partial charge in [-0.25, -0.2) is 0 Å². The lowest BCUT2D eigenvalue weighted by Gasteiger charge is -2.32. The fourth-order valence-corrected chi connectivity index (χ4v) is 2.69. The Bertz CT molecular complexity index is 358. The molecular formula is C15H25N3S. The van der Waals surface area contributed by atoms with E-state index < -0.39 is 0 Å². The highest BCUT2D eigenvalue weighted by atomic mass is 32.2. The van der Waals surface area contributed by atoms with Gasteiger partial charge < -0.3 is 10.2 Å². The molecule has 106 valence electrons. The third-order valence-electron chi connectivity index (χ3n) is 3.69. The van der Waals surface area contributed by atoms with Gasteiger partial charge in [-0.2, -0.15) is 0 Å². The molecule has 0 amide bonds. The summed E-state index contributed by atoms with van der Waals surface area (Å²) < 4.78 is 0. The summed E-state index contributed by atoms with van der Waals surface area (Å²) in [4.78, 5) is 6.28. The van der Waals surface area contributed by atoms with Crippen molar-refractivity contribution in [2.75, 3.05) is 52.6 Å². The topological polar surface area (TPSA) is 18.5 Å². The summed E-state index contributed by atoms with van der Waals surface area (Å²) in [5.41, 5.74) is 1.37. The maximum atomic E-state index is 3.54. The highest BCUT2D eigenvalue weighted by Crippen LogP contribution is 2.14. The molecule has 1 aliphatic heterocycles. The first-order valence-corrected chi connectivity index (χ1v) is 8.25. The number of piperazine rings is 1. The average Bonchev–Trinajstić information content (AvgIpc) is 2.46. The molecule has 1 saturated heterocycles. The maximum absolute atomic E-state index is 3.54. The minimum absolute atomic E-state index is 0.975. The number of benzene rings is 1. The number of likely N-dealkylation sites (N-methyl/N-ethyl adjacent to an activating group) is 1. The molecule has 0 atom stereocenters. The van der Waals surface area contributed by atoms with Crippen LogP contribution in [-0.2, 0) is 6.54 Å². The van der Waals surface area contributed by atoms with E-state index in [2.05, 4.69) is 52.7 Å². The average molecular weight is 279 g/mol. The minimum Gasteiger partial charge on any atom is -0.311 e. The predicted octanol–water partition coefficient (Wildman–Crippen LogP) is 1.75. The Morgan fingerprint density at radius 1 is 1.11 bits per heavy atom. The standard InChI is InChI=1S/C15H25N3S/c1-17-9-11-18(12-10-17)8-7-16-13-14-3-5-15(19-2)6-4-14/h3-6,16H,7-13H2,1-2H3. The van der Waals surface area contributed by atoms with E-state index >= 15 is 0 Å². The summed E-state index contributed by atoms with van der Waals surface area (Å²) >= 11 is 1.79. The van der Waals surface area contributed by atoms with Crippen LogP contribution in [0, 0.1) is 0 Å². The molecule has 1 aliphatic rings. The van der Waals surface area contributed by atoms with Crippen molar-refractivity contribution < 1.29 is 0 Å². The van der Waals surface area contributed by atoms with E-state index in [0.29, 0.717) is 0 Å². The predicted molar refractivity (Wildman–Crippen MR) is 83.9 cm³/mol. The molecule has 1 aromatic carbocycles. The monoisotopic (exact) mass is 279 g/mol. The summed E-state index contributed by atoms with van der Waals surface area (Å²) in [7, 11) is 2.20. The first-order chi connectivity index (χ1) is 9.28. The van der Waals surface area contributed by atoms with Gasteiger partial charge in [-0.3, -0.25) is 4.90 Å². The minimum atomic E-state index is 0.975. The zero-order valence-corrected chi connectivity index (χ0v) is 12.9. The Kier molecular flexibility index (Phi) is 6.17. The van der Waals surface area contributed by atoms with E-state index in [4.69, 9.17) is 0 Å². The van der Waals surface area contributed by atoms with Crippen molar-refractivity contribution in [2.45, 2.75) is 11.4 Å². The van der Waals surface area contributed by atoms with Crippen LogP contribution in [0.2, 0.25) is 0 Å². The lowest BCUT2D eigenvalue weighted by molar-refractivity contribution is 0.154. The summed E-state index contributed by atoms with van der Waals surface area (Å²) in [6, 6.07) is 8.83. The Morgan fingerprint density at radius 2 is 1.79 bits per heavy atom. The molecule has 0 aromatic heterocycles. The van der Waals surface area contributed by atoms with E-state index in [-0.39, 0.29) is 0 Å². The van der Waals surface area contributed by atoms with Gasteiger partial charge in [0, 0.05) is 50.7 Å². The Morgan fingerprint density at radius 3 is 2.42 bits per heavy atom. The third-order valence-corrected chi connectivity index (χ3v) is 4.43. The van der Waals surface area contributed by atoms with E-state index in [1.807, 2.05) is 0 Å². The molecule has 1 N–H and O–H groups in total. The van der Waals surface area contributed by atoms with Gasteiger partial charge in [-0.05, 0) is 31.0 Å². The van der Waals surface area contributed by atoms with Crippen LogP contribution in [0.1, 0.15) is 5.56 Å². The van der Waals surface area contributed by atoms with Gasteiger partial charge in [0.05, 0.1) is 0 Å². The van der Waals surface area contributed by atoms with Crippen LogP contribution in [0.5, 0.6) is 0 Å². The van der Waals surface area contributed by atoms with E-state index in [9.17, 15) is 0 Å². The third kappa shape index (κ3) is 5.15. The molecule has 1 heterocycles. The van der Waals surface area contributed by atoms with Crippen molar-refractivity contribution >= 4 is 11.8 Å². The van der Waals surface area contributed by atoms with Crippen molar-refractivity contribution in [3.63, 3.8) is 0 Å². The van der Waals surface area contributed by atoms with Gasteiger partial charge in [-0.15, -0.1) is 11.8 Å². The highest BCUT2D eigenvalue weighted by Gasteiger charge is 2.12. The number of hydrogen-bond donors (Lipinski definition) is 1. The second-order valence-electron chi connectivity index (χ2n) is 5.17. The summed E-state index contributed by atoms with van der Waals surface area (Å²) in [6.45, 7) is 8.04. The van der Waals surface area contributed by atoms with Gasteiger partial charge in [0.2, 0.25) is 0 Å². The van der Waals surface area contributed by atoms with E-state index in [1.54, 1.807) is 11.8 Å². The number of nitrogens with one attached hydrogen (secondary N) is 1. The van der Waals surface area contributed by atoms with Crippen molar-refractivity contribution in [3.05, 3.63) is 29.8 Å². The molecule has 0 bridgehead atoms. The Hall–Kier alpha value is -0.550. The molecule has 19 heavy (non-hydrogen) atoms. The molecule has 0 unspecified atom stereocenters. The van der Waals surface area contributed by atoms with Gasteiger partial charge in [0.15, 0.2) is 0 Å². The first kappa shape index (κ1) is 14.9. The molecule has 0 spiro atoms. The zero-order chi connectivity index (χ0) is 13.5. The van der Waals surface area contributed by atoms with Crippen molar-refractivity contribution in [1.82, 2.24) is 15.1 Å². The summed E-state index contributed by atoms with van der Waals surface area (Å²) in [6.07, 6.45) is 2.11. The van der Waals surface area contributed by atoms with Crippen LogP contribution >= 0.6 is 11.8 Å². The lowest BCUT2D eigenvalue weighted by atomic mass is 10.2.